The van der Waals surface area contributed by atoms with E-state index in [9.17, 15) is 18.9 Å². The number of hydrogen-bond donors (Lipinski definition) is 0. The molecule has 0 fully saturated rings. The lowest BCUT2D eigenvalue weighted by molar-refractivity contribution is -0.384. The van der Waals surface area contributed by atoms with E-state index in [1.165, 1.54) is 12.1 Å². The fraction of sp³-hybridized carbons (Fsp3) is 0. The van der Waals surface area contributed by atoms with Crippen LogP contribution in [0.5, 0.6) is 0 Å². The molecular formula is C24H15ClF2N2O2. The van der Waals surface area contributed by atoms with Gasteiger partial charge in [0.1, 0.15) is 17.3 Å². The zero-order chi connectivity index (χ0) is 22.0. The van der Waals surface area contributed by atoms with E-state index in [1.54, 1.807) is 65.6 Å². The first-order valence-corrected chi connectivity index (χ1v) is 9.67. The van der Waals surface area contributed by atoms with Crippen LogP contribution in [0.1, 0.15) is 0 Å². The second kappa shape index (κ2) is 8.53. The molecule has 0 saturated heterocycles. The summed E-state index contributed by atoms with van der Waals surface area (Å²) in [5.74, 6) is -1.32. The van der Waals surface area contributed by atoms with Crippen molar-refractivity contribution >= 4 is 34.4 Å². The maximum atomic E-state index is 14.9. The van der Waals surface area contributed by atoms with E-state index < -0.39 is 22.2 Å². The average Bonchev–Trinajstić information content (AvgIpc) is 2.78. The maximum absolute atomic E-state index is 14.9. The van der Waals surface area contributed by atoms with Crippen LogP contribution in [0.2, 0.25) is 5.02 Å². The fourth-order valence-corrected chi connectivity index (χ4v) is 3.60. The van der Waals surface area contributed by atoms with Gasteiger partial charge in [0, 0.05) is 16.8 Å². The first kappa shape index (κ1) is 20.5. The molecule has 0 aliphatic carbocycles. The second-order valence-corrected chi connectivity index (χ2v) is 7.09. The highest BCUT2D eigenvalue weighted by Gasteiger charge is 2.25. The van der Waals surface area contributed by atoms with Crippen LogP contribution >= 0.6 is 11.6 Å². The zero-order valence-electron chi connectivity index (χ0n) is 16.0. The SMILES string of the molecule is O=[N+]([O-])c1cc(F)ccc1N(c1ccccc1)c1ccccc1-c1cccc(Cl)c1F. The van der Waals surface area contributed by atoms with E-state index in [1.807, 2.05) is 6.07 Å². The predicted octanol–water partition coefficient (Wildman–Crippen LogP) is 7.66. The summed E-state index contributed by atoms with van der Waals surface area (Å²) in [4.78, 5) is 12.7. The van der Waals surface area contributed by atoms with Crippen LogP contribution in [0.15, 0.2) is 91.0 Å². The van der Waals surface area contributed by atoms with E-state index in [0.29, 0.717) is 16.9 Å². The van der Waals surface area contributed by atoms with Crippen molar-refractivity contribution < 1.29 is 13.7 Å². The number of hydrogen-bond acceptors (Lipinski definition) is 3. The van der Waals surface area contributed by atoms with Crippen LogP contribution in [0.4, 0.5) is 31.5 Å². The van der Waals surface area contributed by atoms with Gasteiger partial charge in [-0.1, -0.05) is 60.1 Å². The molecular weight excluding hydrogens is 422 g/mol. The Hall–Kier alpha value is -3.77. The average molecular weight is 437 g/mol. The third kappa shape index (κ3) is 3.98. The van der Waals surface area contributed by atoms with Crippen LogP contribution < -0.4 is 4.90 Å². The van der Waals surface area contributed by atoms with Gasteiger partial charge in [-0.3, -0.25) is 10.1 Å². The van der Waals surface area contributed by atoms with Crippen LogP contribution in [0.25, 0.3) is 11.1 Å². The zero-order valence-corrected chi connectivity index (χ0v) is 16.8. The number of rotatable bonds is 5. The number of halogens is 3. The first-order chi connectivity index (χ1) is 15.0. The minimum absolute atomic E-state index is 0.0358. The largest absolute Gasteiger partial charge is 0.304 e. The van der Waals surface area contributed by atoms with Gasteiger partial charge < -0.3 is 4.90 Å². The van der Waals surface area contributed by atoms with Crippen molar-refractivity contribution in [1.29, 1.82) is 0 Å². The smallest absolute Gasteiger partial charge is 0.296 e. The summed E-state index contributed by atoms with van der Waals surface area (Å²) < 4.78 is 28.7. The Morgan fingerprint density at radius 3 is 2.19 bits per heavy atom. The summed E-state index contributed by atoms with van der Waals surface area (Å²) in [5, 5.41) is 11.7. The Labute approximate surface area is 182 Å². The van der Waals surface area contributed by atoms with Gasteiger partial charge in [-0.15, -0.1) is 0 Å². The molecule has 0 N–H and O–H groups in total. The lowest BCUT2D eigenvalue weighted by Crippen LogP contribution is -2.13. The summed E-state index contributed by atoms with van der Waals surface area (Å²) in [6, 6.07) is 23.8. The van der Waals surface area contributed by atoms with Gasteiger partial charge in [0.05, 0.1) is 21.7 Å². The lowest BCUT2D eigenvalue weighted by Gasteiger charge is -2.27. The van der Waals surface area contributed by atoms with Crippen molar-refractivity contribution in [2.24, 2.45) is 0 Å². The van der Waals surface area contributed by atoms with E-state index in [4.69, 9.17) is 11.6 Å². The Bertz CT molecular complexity index is 1270. The van der Waals surface area contributed by atoms with Crippen molar-refractivity contribution in [3.8, 4) is 11.1 Å². The number of para-hydroxylation sites is 2. The topological polar surface area (TPSA) is 46.4 Å². The summed E-state index contributed by atoms with van der Waals surface area (Å²) in [5.41, 5.74) is 1.52. The number of nitro groups is 1. The Morgan fingerprint density at radius 2 is 1.45 bits per heavy atom. The third-order valence-electron chi connectivity index (χ3n) is 4.78. The molecule has 4 aromatic carbocycles. The van der Waals surface area contributed by atoms with Gasteiger partial charge in [0.15, 0.2) is 0 Å². The van der Waals surface area contributed by atoms with Crippen LogP contribution in [0.3, 0.4) is 0 Å². The van der Waals surface area contributed by atoms with Crippen LogP contribution in [-0.4, -0.2) is 4.92 Å². The molecule has 0 saturated carbocycles. The molecule has 0 atom stereocenters. The van der Waals surface area contributed by atoms with E-state index in [2.05, 4.69) is 0 Å². The molecule has 0 heterocycles. The standard InChI is InChI=1S/C24H15ClF2N2O2/c25-20-11-6-10-19(24(20)27)18-9-4-5-12-21(18)28(17-7-2-1-3-8-17)22-14-13-16(26)15-23(22)29(30)31/h1-15H. The molecule has 4 rings (SSSR count). The minimum atomic E-state index is -0.724. The third-order valence-corrected chi connectivity index (χ3v) is 5.07. The molecule has 0 aromatic heterocycles. The predicted molar refractivity (Wildman–Crippen MR) is 118 cm³/mol. The second-order valence-electron chi connectivity index (χ2n) is 6.68. The molecule has 4 aromatic rings. The van der Waals surface area contributed by atoms with E-state index in [0.717, 1.165) is 12.1 Å². The van der Waals surface area contributed by atoms with Crippen LogP contribution in [-0.2, 0) is 0 Å². The van der Waals surface area contributed by atoms with Gasteiger partial charge in [-0.25, -0.2) is 8.78 Å². The highest BCUT2D eigenvalue weighted by atomic mass is 35.5. The van der Waals surface area contributed by atoms with Crippen molar-refractivity contribution in [2.45, 2.75) is 0 Å². The summed E-state index contributed by atoms with van der Waals surface area (Å²) in [6.07, 6.45) is 0. The highest BCUT2D eigenvalue weighted by Crippen LogP contribution is 2.44. The first-order valence-electron chi connectivity index (χ1n) is 9.30. The van der Waals surface area contributed by atoms with Crippen molar-refractivity contribution in [3.05, 3.63) is 118 Å². The molecule has 0 aliphatic rings. The van der Waals surface area contributed by atoms with E-state index >= 15 is 0 Å². The fourth-order valence-electron chi connectivity index (χ4n) is 3.43. The Balaban J connectivity index is 2.03. The van der Waals surface area contributed by atoms with Crippen molar-refractivity contribution in [1.82, 2.24) is 0 Å². The summed E-state index contributed by atoms with van der Waals surface area (Å²) in [6.45, 7) is 0. The summed E-state index contributed by atoms with van der Waals surface area (Å²) in [7, 11) is 0. The lowest BCUT2D eigenvalue weighted by atomic mass is 10.0. The molecule has 7 heteroatoms. The normalized spacial score (nSPS) is 10.7. The minimum Gasteiger partial charge on any atom is -0.304 e. The van der Waals surface area contributed by atoms with Gasteiger partial charge in [0.25, 0.3) is 5.69 Å². The van der Waals surface area contributed by atoms with Gasteiger partial charge in [0.2, 0.25) is 0 Å². The monoisotopic (exact) mass is 436 g/mol. The number of nitro benzene ring substituents is 1. The number of nitrogens with zero attached hydrogens (tertiary/aromatic N) is 2. The molecule has 31 heavy (non-hydrogen) atoms. The number of anilines is 3. The van der Waals surface area contributed by atoms with Crippen LogP contribution in [0, 0.1) is 21.7 Å². The number of benzene rings is 4. The van der Waals surface area contributed by atoms with Gasteiger partial charge in [-0.05, 0) is 36.4 Å². The van der Waals surface area contributed by atoms with Gasteiger partial charge in [-0.2, -0.15) is 0 Å². The molecule has 4 nitrogen and oxygen atoms in total. The molecule has 154 valence electrons. The molecule has 0 radical (unpaired) electrons. The Kier molecular flexibility index (Phi) is 5.64. The maximum Gasteiger partial charge on any atom is 0.296 e. The molecule has 0 unspecified atom stereocenters. The highest BCUT2D eigenvalue weighted by molar-refractivity contribution is 6.31. The molecule has 0 aliphatic heterocycles. The van der Waals surface area contributed by atoms with Crippen molar-refractivity contribution in [2.75, 3.05) is 4.90 Å². The summed E-state index contributed by atoms with van der Waals surface area (Å²) >= 11 is 5.99. The van der Waals surface area contributed by atoms with E-state index in [-0.39, 0.29) is 16.3 Å². The van der Waals surface area contributed by atoms with Gasteiger partial charge >= 0.3 is 0 Å². The van der Waals surface area contributed by atoms with Crippen molar-refractivity contribution in [3.63, 3.8) is 0 Å². The Morgan fingerprint density at radius 1 is 0.774 bits per heavy atom. The molecule has 0 bridgehead atoms. The quantitative estimate of drug-likeness (QED) is 0.238. The molecule has 0 spiro atoms. The molecule has 0 amide bonds.